The maximum absolute atomic E-state index is 5.40. The minimum atomic E-state index is 0.506. The molecule has 60 valence electrons. The normalized spacial score (nSPS) is 18.9. The van der Waals surface area contributed by atoms with E-state index in [0.29, 0.717) is 6.54 Å². The monoisotopic (exact) mass is 149 g/mol. The summed E-state index contributed by atoms with van der Waals surface area (Å²) in [6, 6.07) is 0. The number of rotatable bonds is 2. The molecule has 0 aromatic carbocycles. The van der Waals surface area contributed by atoms with Crippen LogP contribution < -0.4 is 5.32 Å². The van der Waals surface area contributed by atoms with Gasteiger partial charge in [0.05, 0.1) is 0 Å². The predicted molar refractivity (Wildman–Crippen MR) is 48.0 cm³/mol. The predicted octanol–water partition coefficient (Wildman–Crippen LogP) is 2.30. The van der Waals surface area contributed by atoms with Crippen LogP contribution in [0.2, 0.25) is 0 Å². The fraction of sp³-hybridized carbons (Fsp3) is 0.500. The van der Waals surface area contributed by atoms with Crippen LogP contribution in [0, 0.1) is 6.92 Å². The molecule has 0 saturated carbocycles. The smallest absolute Gasteiger partial charge is 0.0355 e. The summed E-state index contributed by atoms with van der Waals surface area (Å²) in [4.78, 5) is 0. The van der Waals surface area contributed by atoms with Crippen molar-refractivity contribution >= 4 is 0 Å². The van der Waals surface area contributed by atoms with E-state index in [1.54, 1.807) is 0 Å². The van der Waals surface area contributed by atoms with Gasteiger partial charge in [0.2, 0.25) is 0 Å². The first-order chi connectivity index (χ1) is 5.25. The third-order valence-corrected chi connectivity index (χ3v) is 2.09. The highest BCUT2D eigenvalue weighted by molar-refractivity contribution is 5.33. The van der Waals surface area contributed by atoms with E-state index < -0.39 is 0 Å². The zero-order valence-electron chi connectivity index (χ0n) is 7.11. The Bertz CT molecular complexity index is 189. The second kappa shape index (κ2) is 3.61. The summed E-state index contributed by atoms with van der Waals surface area (Å²) >= 11 is 0. The second-order valence-electron chi connectivity index (χ2n) is 2.99. The first-order valence-corrected chi connectivity index (χ1v) is 4.07. The highest BCUT2D eigenvalue weighted by atomic mass is 14.9. The topological polar surface area (TPSA) is 12.0 Å². The van der Waals surface area contributed by atoms with Crippen molar-refractivity contribution in [1.29, 1.82) is 0 Å². The average Bonchev–Trinajstić information content (AvgIpc) is 1.97. The molecule has 0 saturated heterocycles. The lowest BCUT2D eigenvalue weighted by molar-refractivity contribution is 0.721. The molecule has 0 fully saturated rings. The minimum Gasteiger partial charge on any atom is -0.385 e. The van der Waals surface area contributed by atoms with E-state index in [1.807, 2.05) is 0 Å². The molecule has 1 N–H and O–H groups in total. The van der Waals surface area contributed by atoms with Crippen LogP contribution in [0.4, 0.5) is 0 Å². The van der Waals surface area contributed by atoms with Crippen molar-refractivity contribution in [3.63, 3.8) is 0 Å². The zero-order chi connectivity index (χ0) is 8.27. The lowest BCUT2D eigenvalue weighted by Crippen LogP contribution is -2.18. The Morgan fingerprint density at radius 3 is 2.82 bits per heavy atom. The van der Waals surface area contributed by atoms with Gasteiger partial charge >= 0.3 is 0 Å². The minimum absolute atomic E-state index is 0.506. The van der Waals surface area contributed by atoms with E-state index in [0.717, 1.165) is 6.42 Å². The SMILES string of the molecule is [CH]CNC1=C(C)CCCC1=C. The molecule has 1 nitrogen and oxygen atoms in total. The summed E-state index contributed by atoms with van der Waals surface area (Å²) < 4.78 is 0. The molecule has 1 aliphatic rings. The van der Waals surface area contributed by atoms with E-state index in [1.165, 1.54) is 29.7 Å². The van der Waals surface area contributed by atoms with Gasteiger partial charge in [-0.15, -0.1) is 0 Å². The molecule has 0 aromatic heterocycles. The third kappa shape index (κ3) is 1.86. The molecule has 0 aromatic rings. The second-order valence-corrected chi connectivity index (χ2v) is 2.99. The Hall–Kier alpha value is -0.720. The molecule has 0 atom stereocenters. The van der Waals surface area contributed by atoms with Crippen molar-refractivity contribution in [1.82, 2.24) is 5.32 Å². The zero-order valence-corrected chi connectivity index (χ0v) is 7.11. The van der Waals surface area contributed by atoms with Gasteiger partial charge in [0.15, 0.2) is 0 Å². The largest absolute Gasteiger partial charge is 0.385 e. The van der Waals surface area contributed by atoms with Gasteiger partial charge in [0.1, 0.15) is 0 Å². The van der Waals surface area contributed by atoms with Gasteiger partial charge in [-0.2, -0.15) is 0 Å². The van der Waals surface area contributed by atoms with E-state index in [9.17, 15) is 0 Å². The Labute approximate surface area is 69.2 Å². The van der Waals surface area contributed by atoms with Crippen LogP contribution in [0.25, 0.3) is 0 Å². The fourth-order valence-electron chi connectivity index (χ4n) is 1.50. The van der Waals surface area contributed by atoms with Crippen molar-refractivity contribution in [2.45, 2.75) is 26.2 Å². The first kappa shape index (κ1) is 8.38. The van der Waals surface area contributed by atoms with Crippen molar-refractivity contribution < 1.29 is 0 Å². The van der Waals surface area contributed by atoms with Crippen LogP contribution in [-0.4, -0.2) is 6.54 Å². The van der Waals surface area contributed by atoms with E-state index in [2.05, 4.69) is 18.8 Å². The standard InChI is InChI=1S/C10H15N/c1-4-11-10-8(2)6-5-7-9(10)3/h1,11H,2,4-7H2,3H3. The first-order valence-electron chi connectivity index (χ1n) is 4.07. The number of hydrogen-bond acceptors (Lipinski definition) is 1. The van der Waals surface area contributed by atoms with Crippen molar-refractivity contribution in [2.75, 3.05) is 6.54 Å². The lowest BCUT2D eigenvalue weighted by atomic mass is 9.94. The van der Waals surface area contributed by atoms with Crippen LogP contribution in [0.5, 0.6) is 0 Å². The average molecular weight is 149 g/mol. The summed E-state index contributed by atoms with van der Waals surface area (Å²) in [5.41, 5.74) is 3.80. The quantitative estimate of drug-likeness (QED) is 0.635. The van der Waals surface area contributed by atoms with Gasteiger partial charge in [-0.3, -0.25) is 0 Å². The Kier molecular flexibility index (Phi) is 2.75. The van der Waals surface area contributed by atoms with Crippen LogP contribution in [0.15, 0.2) is 23.4 Å². The van der Waals surface area contributed by atoms with E-state index in [4.69, 9.17) is 6.92 Å². The summed E-state index contributed by atoms with van der Waals surface area (Å²) in [5, 5.41) is 3.14. The molecule has 11 heavy (non-hydrogen) atoms. The van der Waals surface area contributed by atoms with Crippen LogP contribution in [0.1, 0.15) is 26.2 Å². The molecule has 1 rings (SSSR count). The molecule has 0 heterocycles. The Balaban J connectivity index is 2.74. The third-order valence-electron chi connectivity index (χ3n) is 2.09. The van der Waals surface area contributed by atoms with E-state index in [-0.39, 0.29) is 0 Å². The molecule has 0 bridgehead atoms. The van der Waals surface area contributed by atoms with Crippen molar-refractivity contribution in [3.8, 4) is 0 Å². The van der Waals surface area contributed by atoms with Gasteiger partial charge in [0, 0.05) is 12.2 Å². The number of hydrogen-bond donors (Lipinski definition) is 1. The van der Waals surface area contributed by atoms with Crippen molar-refractivity contribution in [2.24, 2.45) is 0 Å². The molecule has 0 aliphatic heterocycles. The fourth-order valence-corrected chi connectivity index (χ4v) is 1.50. The summed E-state index contributed by atoms with van der Waals surface area (Å²) in [6.07, 6.45) is 3.53. The van der Waals surface area contributed by atoms with Gasteiger partial charge in [-0.25, -0.2) is 0 Å². The van der Waals surface area contributed by atoms with E-state index >= 15 is 0 Å². The summed E-state index contributed by atoms with van der Waals surface area (Å²) in [5.74, 6) is 0. The van der Waals surface area contributed by atoms with Gasteiger partial charge in [-0.05, 0) is 44.3 Å². The van der Waals surface area contributed by atoms with Gasteiger partial charge in [-0.1, -0.05) is 6.58 Å². The number of allylic oxidation sites excluding steroid dienone is 2. The molecule has 0 spiro atoms. The highest BCUT2D eigenvalue weighted by Gasteiger charge is 2.11. The van der Waals surface area contributed by atoms with Crippen molar-refractivity contribution in [3.05, 3.63) is 30.3 Å². The van der Waals surface area contributed by atoms with Gasteiger partial charge < -0.3 is 5.32 Å². The summed E-state index contributed by atoms with van der Waals surface area (Å²) in [7, 11) is 0. The highest BCUT2D eigenvalue weighted by Crippen LogP contribution is 2.25. The molecule has 2 radical (unpaired) electrons. The molecule has 1 aliphatic carbocycles. The summed E-state index contributed by atoms with van der Waals surface area (Å²) in [6.45, 7) is 12.0. The molecule has 1 heteroatoms. The lowest BCUT2D eigenvalue weighted by Gasteiger charge is -2.20. The maximum atomic E-state index is 5.40. The van der Waals surface area contributed by atoms with Gasteiger partial charge in [0.25, 0.3) is 0 Å². The molecular formula is C10H15N. The Morgan fingerprint density at radius 1 is 1.55 bits per heavy atom. The molecular weight excluding hydrogens is 134 g/mol. The van der Waals surface area contributed by atoms with Crippen LogP contribution in [0.3, 0.4) is 0 Å². The van der Waals surface area contributed by atoms with Crippen LogP contribution >= 0.6 is 0 Å². The number of nitrogens with one attached hydrogen (secondary N) is 1. The van der Waals surface area contributed by atoms with Crippen LogP contribution in [-0.2, 0) is 0 Å². The maximum Gasteiger partial charge on any atom is 0.0355 e. The Morgan fingerprint density at radius 2 is 2.27 bits per heavy atom. The molecule has 0 amide bonds. The molecule has 0 unspecified atom stereocenters.